The number of nitrogens with one attached hydrogen (secondary N) is 1. The molecule has 2 aromatic carbocycles. The highest BCUT2D eigenvalue weighted by atomic mass is 35.5. The quantitative estimate of drug-likeness (QED) is 0.229. The van der Waals surface area contributed by atoms with Crippen LogP contribution in [0, 0.1) is 18.3 Å². The molecule has 4 rings (SSSR count). The number of hydrogen-bond acceptors (Lipinski definition) is 8. The van der Waals surface area contributed by atoms with Gasteiger partial charge in [0.1, 0.15) is 21.8 Å². The predicted molar refractivity (Wildman–Crippen MR) is 168 cm³/mol. The zero-order valence-electron chi connectivity index (χ0n) is 23.1. The van der Waals surface area contributed by atoms with Crippen LogP contribution >= 0.6 is 35.6 Å². The first-order valence-corrected chi connectivity index (χ1v) is 14.4. The fraction of sp³-hybridized carbons (Fsp3) is 0.267. The van der Waals surface area contributed by atoms with E-state index in [9.17, 15) is 14.9 Å². The fourth-order valence-corrected chi connectivity index (χ4v) is 6.07. The zero-order valence-corrected chi connectivity index (χ0v) is 25.5. The highest BCUT2D eigenvalue weighted by Gasteiger charge is 2.32. The van der Waals surface area contributed by atoms with Gasteiger partial charge in [-0.3, -0.25) is 19.1 Å². The molecule has 0 aliphatic carbocycles. The molecule has 1 N–H and O–H groups in total. The number of ether oxygens (including phenoxy) is 2. The van der Waals surface area contributed by atoms with Crippen molar-refractivity contribution in [3.8, 4) is 17.6 Å². The second-order valence-corrected chi connectivity index (χ2v) is 11.2. The fourth-order valence-electron chi connectivity index (χ4n) is 4.58. The van der Waals surface area contributed by atoms with E-state index in [1.165, 1.54) is 16.3 Å². The summed E-state index contributed by atoms with van der Waals surface area (Å²) in [6, 6.07) is 15.1. The van der Waals surface area contributed by atoms with Crippen LogP contribution in [0.3, 0.4) is 0 Å². The summed E-state index contributed by atoms with van der Waals surface area (Å²) in [6.07, 6.45) is 2.27. The van der Waals surface area contributed by atoms with E-state index in [1.807, 2.05) is 49.4 Å². The normalized spacial score (nSPS) is 14.0. The molecule has 0 saturated carbocycles. The number of nitriles is 1. The van der Waals surface area contributed by atoms with E-state index in [4.69, 9.17) is 33.3 Å². The summed E-state index contributed by atoms with van der Waals surface area (Å²) >= 11 is 13.1. The number of aromatic nitrogens is 1. The number of thioether (sulfide) groups is 1. The van der Waals surface area contributed by atoms with Gasteiger partial charge >= 0.3 is 0 Å². The van der Waals surface area contributed by atoms with Crippen molar-refractivity contribution in [1.29, 1.82) is 5.26 Å². The summed E-state index contributed by atoms with van der Waals surface area (Å²) in [4.78, 5) is 28.6. The van der Waals surface area contributed by atoms with Crippen LogP contribution in [0.2, 0.25) is 5.02 Å². The number of nitrogens with zero attached hydrogens (tertiary/aromatic N) is 3. The first-order chi connectivity index (χ1) is 19.7. The van der Waals surface area contributed by atoms with Crippen molar-refractivity contribution >= 4 is 57.7 Å². The van der Waals surface area contributed by atoms with E-state index in [0.717, 1.165) is 11.1 Å². The molecule has 41 heavy (non-hydrogen) atoms. The maximum atomic E-state index is 13.5. The summed E-state index contributed by atoms with van der Waals surface area (Å²) in [5.74, 6) is 1.51. The number of thiocarbonyl (C=S) groups is 1. The molecule has 0 spiro atoms. The Morgan fingerprint density at radius 3 is 2.54 bits per heavy atom. The van der Waals surface area contributed by atoms with E-state index < -0.39 is 5.56 Å². The third-order valence-electron chi connectivity index (χ3n) is 6.82. The van der Waals surface area contributed by atoms with E-state index in [0.29, 0.717) is 68.7 Å². The minimum atomic E-state index is -0.395. The molecule has 2 heterocycles. The standard InChI is InChI=1S/C30H29ClN4O4S2/c1-5-34-27(33-17-20-8-6-7-9-23(20)31)21(18(2)22(16-32)28(34)36)15-26-29(37)35(30(40)41-26)13-12-19-10-11-24(38-3)25(14-19)39-4/h6-11,14-15,33H,5,12-13,17H2,1-4H3/b26-15+. The van der Waals surface area contributed by atoms with Crippen molar-refractivity contribution in [3.05, 3.63) is 90.6 Å². The third-order valence-corrected chi connectivity index (χ3v) is 8.56. The molecule has 1 aliphatic heterocycles. The number of pyridine rings is 1. The molecule has 1 saturated heterocycles. The van der Waals surface area contributed by atoms with Gasteiger partial charge in [-0.15, -0.1) is 0 Å². The van der Waals surface area contributed by atoms with Crippen LogP contribution in [0.15, 0.2) is 52.2 Å². The molecule has 1 fully saturated rings. The maximum Gasteiger partial charge on any atom is 0.270 e. The van der Waals surface area contributed by atoms with Crippen molar-refractivity contribution in [1.82, 2.24) is 9.47 Å². The molecular formula is C30H29ClN4O4S2. The zero-order chi connectivity index (χ0) is 29.7. The predicted octanol–water partition coefficient (Wildman–Crippen LogP) is 5.77. The Hall–Kier alpha value is -3.78. The Balaban J connectivity index is 1.67. The van der Waals surface area contributed by atoms with Crippen molar-refractivity contribution in [3.63, 3.8) is 0 Å². The van der Waals surface area contributed by atoms with Crippen LogP contribution in [0.25, 0.3) is 6.08 Å². The molecule has 1 aliphatic rings. The molecule has 0 radical (unpaired) electrons. The van der Waals surface area contributed by atoms with Gasteiger partial charge in [0.15, 0.2) is 11.5 Å². The molecule has 11 heteroatoms. The van der Waals surface area contributed by atoms with E-state index >= 15 is 0 Å². The number of carbonyl (C=O) groups is 1. The summed E-state index contributed by atoms with van der Waals surface area (Å²) in [5.41, 5.74) is 2.52. The van der Waals surface area contributed by atoms with Gasteiger partial charge in [0.05, 0.1) is 19.1 Å². The molecule has 0 atom stereocenters. The largest absolute Gasteiger partial charge is 0.493 e. The number of carbonyl (C=O) groups excluding carboxylic acids is 1. The van der Waals surface area contributed by atoms with Gasteiger partial charge in [-0.1, -0.05) is 59.8 Å². The van der Waals surface area contributed by atoms with Gasteiger partial charge in [0.2, 0.25) is 0 Å². The lowest BCUT2D eigenvalue weighted by molar-refractivity contribution is -0.122. The highest BCUT2D eigenvalue weighted by molar-refractivity contribution is 8.26. The molecule has 0 bridgehead atoms. The number of rotatable bonds is 10. The van der Waals surface area contributed by atoms with Gasteiger partial charge < -0.3 is 14.8 Å². The van der Waals surface area contributed by atoms with Crippen molar-refractivity contribution in [2.24, 2.45) is 0 Å². The Kier molecular flexibility index (Phi) is 9.76. The maximum absolute atomic E-state index is 13.5. The minimum absolute atomic E-state index is 0.0327. The van der Waals surface area contributed by atoms with Crippen molar-refractivity contribution < 1.29 is 14.3 Å². The summed E-state index contributed by atoms with van der Waals surface area (Å²) < 4.78 is 12.6. The summed E-state index contributed by atoms with van der Waals surface area (Å²) in [6.45, 7) is 4.59. The SMILES string of the molecule is CCn1c(NCc2ccccc2Cl)c(/C=C2/SC(=S)N(CCc3ccc(OC)c(OC)c3)C2=O)c(C)c(C#N)c1=O. The van der Waals surface area contributed by atoms with Crippen LogP contribution < -0.4 is 20.3 Å². The number of benzene rings is 2. The molecule has 1 aromatic heterocycles. The van der Waals surface area contributed by atoms with E-state index in [1.54, 1.807) is 38.2 Å². The first-order valence-electron chi connectivity index (χ1n) is 12.8. The number of anilines is 1. The number of hydrogen-bond donors (Lipinski definition) is 1. The summed E-state index contributed by atoms with van der Waals surface area (Å²) in [5, 5.41) is 13.7. The summed E-state index contributed by atoms with van der Waals surface area (Å²) in [7, 11) is 3.16. The van der Waals surface area contributed by atoms with Gasteiger partial charge in [-0.2, -0.15) is 5.26 Å². The van der Waals surface area contributed by atoms with E-state index in [2.05, 4.69) is 5.32 Å². The van der Waals surface area contributed by atoms with Gasteiger partial charge in [-0.05, 0) is 61.2 Å². The number of halogens is 1. The molecule has 0 unspecified atom stereocenters. The Labute approximate surface area is 253 Å². The lowest BCUT2D eigenvalue weighted by Gasteiger charge is -2.20. The van der Waals surface area contributed by atoms with Crippen LogP contribution in [0.5, 0.6) is 11.5 Å². The van der Waals surface area contributed by atoms with Gasteiger partial charge in [-0.25, -0.2) is 0 Å². The van der Waals surface area contributed by atoms with Crippen LogP contribution in [0.1, 0.15) is 34.7 Å². The first kappa shape index (κ1) is 30.2. The van der Waals surface area contributed by atoms with Crippen LogP contribution in [0.4, 0.5) is 5.82 Å². The average Bonchev–Trinajstić information content (AvgIpc) is 3.24. The van der Waals surface area contributed by atoms with Crippen LogP contribution in [-0.4, -0.2) is 40.5 Å². The van der Waals surface area contributed by atoms with Gasteiger partial charge in [0.25, 0.3) is 11.5 Å². The molecular weight excluding hydrogens is 580 g/mol. The Morgan fingerprint density at radius 2 is 1.88 bits per heavy atom. The second-order valence-electron chi connectivity index (χ2n) is 9.14. The van der Waals surface area contributed by atoms with Crippen LogP contribution in [-0.2, 0) is 24.3 Å². The Bertz CT molecular complexity index is 1640. The lowest BCUT2D eigenvalue weighted by Crippen LogP contribution is -2.30. The molecule has 1 amide bonds. The van der Waals surface area contributed by atoms with Crippen molar-refractivity contribution in [2.45, 2.75) is 33.4 Å². The third kappa shape index (κ3) is 6.27. The molecule has 3 aromatic rings. The average molecular weight is 609 g/mol. The lowest BCUT2D eigenvalue weighted by atomic mass is 10.0. The molecule has 212 valence electrons. The smallest absolute Gasteiger partial charge is 0.270 e. The van der Waals surface area contributed by atoms with E-state index in [-0.39, 0.29) is 11.5 Å². The number of amides is 1. The molecule has 8 nitrogen and oxygen atoms in total. The van der Waals surface area contributed by atoms with Gasteiger partial charge in [0, 0.05) is 30.2 Å². The second kappa shape index (κ2) is 13.3. The minimum Gasteiger partial charge on any atom is -0.493 e. The topological polar surface area (TPSA) is 96.6 Å². The Morgan fingerprint density at radius 1 is 1.15 bits per heavy atom. The monoisotopic (exact) mass is 608 g/mol. The highest BCUT2D eigenvalue weighted by Crippen LogP contribution is 2.36. The number of methoxy groups -OCH3 is 2. The van der Waals surface area contributed by atoms with Crippen molar-refractivity contribution in [2.75, 3.05) is 26.1 Å².